The first-order valence-electron chi connectivity index (χ1n) is 11.0. The number of para-hydroxylation sites is 1. The van der Waals surface area contributed by atoms with E-state index in [-0.39, 0.29) is 28.3 Å². The standard InChI is InChI=1S/C24H31ClN2O6S/c1-6-24(7-2)14-18(16-10-8-9-11-20(16)33-24)26-23(28)15-27(34(5,29)30)19-13-21(31-3)17(25)12-22(19)32-4/h8-13,18H,6-7,14-15H2,1-5H3,(H,26,28)/t18-/m0/s1. The van der Waals surface area contributed by atoms with Crippen LogP contribution in [0.15, 0.2) is 36.4 Å². The lowest BCUT2D eigenvalue weighted by Gasteiger charge is -2.41. The highest BCUT2D eigenvalue weighted by atomic mass is 35.5. The number of nitrogens with zero attached hydrogens (tertiary/aromatic N) is 1. The number of ether oxygens (including phenoxy) is 3. The van der Waals surface area contributed by atoms with Gasteiger partial charge in [-0.3, -0.25) is 9.10 Å². The number of nitrogens with one attached hydrogen (secondary N) is 1. The molecule has 2 aromatic rings. The molecular weight excluding hydrogens is 480 g/mol. The summed E-state index contributed by atoms with van der Waals surface area (Å²) in [7, 11) is -1.03. The lowest BCUT2D eigenvalue weighted by Crippen LogP contribution is -2.47. The monoisotopic (exact) mass is 510 g/mol. The predicted octanol–water partition coefficient (Wildman–Crippen LogP) is 4.32. The Balaban J connectivity index is 1.93. The fourth-order valence-corrected chi connectivity index (χ4v) is 5.30. The summed E-state index contributed by atoms with van der Waals surface area (Å²) in [5.74, 6) is 0.744. The Hall–Kier alpha value is -2.65. The smallest absolute Gasteiger partial charge is 0.241 e. The van der Waals surface area contributed by atoms with Gasteiger partial charge in [-0.05, 0) is 18.9 Å². The molecule has 0 spiro atoms. The van der Waals surface area contributed by atoms with Gasteiger partial charge < -0.3 is 19.5 Å². The number of methoxy groups -OCH3 is 2. The van der Waals surface area contributed by atoms with E-state index in [4.69, 9.17) is 25.8 Å². The van der Waals surface area contributed by atoms with Gasteiger partial charge in [0.2, 0.25) is 15.9 Å². The summed E-state index contributed by atoms with van der Waals surface area (Å²) in [6, 6.07) is 10.2. The number of hydrogen-bond donors (Lipinski definition) is 1. The highest BCUT2D eigenvalue weighted by Gasteiger charge is 2.39. The number of benzene rings is 2. The molecule has 1 aliphatic rings. The van der Waals surface area contributed by atoms with Crippen LogP contribution in [0.25, 0.3) is 0 Å². The first kappa shape index (κ1) is 26.0. The molecule has 10 heteroatoms. The Bertz CT molecular complexity index is 1150. The number of carbonyl (C=O) groups excluding carboxylic acids is 1. The first-order chi connectivity index (χ1) is 16.1. The number of anilines is 1. The third-order valence-electron chi connectivity index (χ3n) is 6.23. The second-order valence-electron chi connectivity index (χ2n) is 8.28. The molecule has 0 radical (unpaired) electrons. The summed E-state index contributed by atoms with van der Waals surface area (Å²) in [6.07, 6.45) is 3.17. The normalized spacial score (nSPS) is 16.7. The van der Waals surface area contributed by atoms with E-state index in [1.54, 1.807) is 0 Å². The van der Waals surface area contributed by atoms with Gasteiger partial charge in [-0.25, -0.2) is 8.42 Å². The number of carbonyl (C=O) groups is 1. The minimum atomic E-state index is -3.85. The molecule has 1 N–H and O–H groups in total. The van der Waals surface area contributed by atoms with E-state index < -0.39 is 28.1 Å². The van der Waals surface area contributed by atoms with Crippen molar-refractivity contribution in [2.75, 3.05) is 31.3 Å². The molecule has 1 aliphatic heterocycles. The molecule has 0 aromatic heterocycles. The molecule has 8 nitrogen and oxygen atoms in total. The highest BCUT2D eigenvalue weighted by Crippen LogP contribution is 2.43. The largest absolute Gasteiger partial charge is 0.495 e. The van der Waals surface area contributed by atoms with E-state index in [0.29, 0.717) is 6.42 Å². The van der Waals surface area contributed by atoms with Crippen molar-refractivity contribution in [2.45, 2.75) is 44.8 Å². The fourth-order valence-electron chi connectivity index (χ4n) is 4.22. The van der Waals surface area contributed by atoms with Gasteiger partial charge in [0.05, 0.1) is 37.2 Å². The number of rotatable bonds is 9. The zero-order chi connectivity index (χ0) is 25.1. The van der Waals surface area contributed by atoms with Gasteiger partial charge in [0.15, 0.2) is 0 Å². The molecule has 1 heterocycles. The maximum absolute atomic E-state index is 13.2. The van der Waals surface area contributed by atoms with Gasteiger partial charge in [-0.2, -0.15) is 0 Å². The van der Waals surface area contributed by atoms with E-state index in [1.807, 2.05) is 24.3 Å². The van der Waals surface area contributed by atoms with E-state index in [0.717, 1.165) is 34.7 Å². The van der Waals surface area contributed by atoms with Gasteiger partial charge in [0, 0.05) is 24.1 Å². The van der Waals surface area contributed by atoms with Crippen LogP contribution in [0, 0.1) is 0 Å². The van der Waals surface area contributed by atoms with Gasteiger partial charge >= 0.3 is 0 Å². The molecule has 0 bridgehead atoms. The summed E-state index contributed by atoms with van der Waals surface area (Å²) in [6.45, 7) is 3.68. The Morgan fingerprint density at radius 3 is 2.41 bits per heavy atom. The lowest BCUT2D eigenvalue weighted by atomic mass is 9.83. The third-order valence-corrected chi connectivity index (χ3v) is 7.65. The first-order valence-corrected chi connectivity index (χ1v) is 13.3. The van der Waals surface area contributed by atoms with Crippen LogP contribution in [-0.2, 0) is 14.8 Å². The van der Waals surface area contributed by atoms with Crippen LogP contribution in [0.2, 0.25) is 5.02 Å². The quantitative estimate of drug-likeness (QED) is 0.540. The van der Waals surface area contributed by atoms with Gasteiger partial charge in [-0.15, -0.1) is 0 Å². The molecule has 186 valence electrons. The number of halogens is 1. The summed E-state index contributed by atoms with van der Waals surface area (Å²) in [5, 5.41) is 3.28. The molecule has 0 saturated heterocycles. The topological polar surface area (TPSA) is 94.2 Å². The van der Waals surface area contributed by atoms with Crippen molar-refractivity contribution in [3.63, 3.8) is 0 Å². The predicted molar refractivity (Wildman–Crippen MR) is 133 cm³/mol. The Morgan fingerprint density at radius 1 is 1.18 bits per heavy atom. The minimum absolute atomic E-state index is 0.158. The van der Waals surface area contributed by atoms with Crippen molar-refractivity contribution in [2.24, 2.45) is 0 Å². The average molecular weight is 511 g/mol. The number of hydrogen-bond acceptors (Lipinski definition) is 6. The Labute approximate surface area is 206 Å². The van der Waals surface area contributed by atoms with Crippen LogP contribution < -0.4 is 23.8 Å². The summed E-state index contributed by atoms with van der Waals surface area (Å²) in [4.78, 5) is 13.2. The van der Waals surface area contributed by atoms with Crippen molar-refractivity contribution in [1.29, 1.82) is 0 Å². The van der Waals surface area contributed by atoms with Gasteiger partial charge in [0.1, 0.15) is 29.4 Å². The van der Waals surface area contributed by atoms with Crippen molar-refractivity contribution in [1.82, 2.24) is 5.32 Å². The van der Waals surface area contributed by atoms with Crippen LogP contribution in [-0.4, -0.2) is 46.9 Å². The molecule has 0 saturated carbocycles. The Morgan fingerprint density at radius 2 is 1.82 bits per heavy atom. The van der Waals surface area contributed by atoms with Crippen LogP contribution >= 0.6 is 11.6 Å². The van der Waals surface area contributed by atoms with Gasteiger partial charge in [-0.1, -0.05) is 43.6 Å². The molecule has 0 aliphatic carbocycles. The zero-order valence-corrected chi connectivity index (χ0v) is 21.6. The van der Waals surface area contributed by atoms with Crippen LogP contribution in [0.5, 0.6) is 17.2 Å². The molecule has 1 amide bonds. The summed E-state index contributed by atoms with van der Waals surface area (Å²) >= 11 is 6.17. The van der Waals surface area contributed by atoms with Gasteiger partial charge in [0.25, 0.3) is 0 Å². The molecule has 0 fully saturated rings. The van der Waals surface area contributed by atoms with Crippen LogP contribution in [0.4, 0.5) is 5.69 Å². The minimum Gasteiger partial charge on any atom is -0.495 e. The maximum Gasteiger partial charge on any atom is 0.241 e. The summed E-state index contributed by atoms with van der Waals surface area (Å²) < 4.78 is 43.3. The number of amides is 1. The molecule has 0 unspecified atom stereocenters. The second-order valence-corrected chi connectivity index (χ2v) is 10.6. The molecule has 3 rings (SSSR count). The fraction of sp³-hybridized carbons (Fsp3) is 0.458. The van der Waals surface area contributed by atoms with E-state index in [9.17, 15) is 13.2 Å². The number of sulfonamides is 1. The van der Waals surface area contributed by atoms with Crippen molar-refractivity contribution >= 4 is 33.2 Å². The lowest BCUT2D eigenvalue weighted by molar-refractivity contribution is -0.121. The molecule has 34 heavy (non-hydrogen) atoms. The molecule has 2 aromatic carbocycles. The van der Waals surface area contributed by atoms with E-state index >= 15 is 0 Å². The highest BCUT2D eigenvalue weighted by molar-refractivity contribution is 7.92. The number of fused-ring (bicyclic) bond motifs is 1. The van der Waals surface area contributed by atoms with Crippen molar-refractivity contribution < 1.29 is 27.4 Å². The second kappa shape index (κ2) is 10.3. The Kier molecular flexibility index (Phi) is 7.88. The summed E-state index contributed by atoms with van der Waals surface area (Å²) in [5.41, 5.74) is 0.616. The average Bonchev–Trinajstić information content (AvgIpc) is 2.81. The SMILES string of the molecule is CCC1(CC)C[C@H](NC(=O)CN(c2cc(OC)c(Cl)cc2OC)S(C)(=O)=O)c2ccccc2O1. The zero-order valence-electron chi connectivity index (χ0n) is 20.1. The maximum atomic E-state index is 13.2. The molecule has 1 atom stereocenters. The van der Waals surface area contributed by atoms with Crippen molar-refractivity contribution in [3.05, 3.63) is 47.0 Å². The van der Waals surface area contributed by atoms with E-state index in [2.05, 4.69) is 19.2 Å². The van der Waals surface area contributed by atoms with Crippen LogP contribution in [0.3, 0.4) is 0 Å². The van der Waals surface area contributed by atoms with Crippen LogP contribution in [0.1, 0.15) is 44.7 Å². The molecular formula is C24H31ClN2O6S. The van der Waals surface area contributed by atoms with Crippen molar-refractivity contribution in [3.8, 4) is 17.2 Å². The third kappa shape index (κ3) is 5.36. The van der Waals surface area contributed by atoms with E-state index in [1.165, 1.54) is 26.4 Å².